The number of benzene rings is 1. The van der Waals surface area contributed by atoms with Crippen molar-refractivity contribution in [2.45, 2.75) is 50.6 Å². The van der Waals surface area contributed by atoms with E-state index in [1.807, 2.05) is 39.0 Å². The van der Waals surface area contributed by atoms with Gasteiger partial charge in [0.2, 0.25) is 5.91 Å². The molecule has 1 atom stereocenters. The predicted octanol–water partition coefficient (Wildman–Crippen LogP) is 3.78. The zero-order chi connectivity index (χ0) is 19.6. The summed E-state index contributed by atoms with van der Waals surface area (Å²) in [4.78, 5) is 30.2. The van der Waals surface area contributed by atoms with Gasteiger partial charge in [-0.05, 0) is 39.3 Å². The fourth-order valence-corrected chi connectivity index (χ4v) is 3.89. The molecule has 8 heteroatoms. The van der Waals surface area contributed by atoms with Crippen LogP contribution in [0.25, 0.3) is 10.9 Å². The Labute approximate surface area is 161 Å². The molecular weight excluding hydrogens is 364 g/mol. The molecule has 0 bridgehead atoms. The van der Waals surface area contributed by atoms with Crippen molar-refractivity contribution in [1.29, 1.82) is 0 Å². The number of nitrogens with one attached hydrogen (secondary N) is 1. The summed E-state index contributed by atoms with van der Waals surface area (Å²) < 4.78 is 6.62. The predicted molar refractivity (Wildman–Crippen MR) is 106 cm³/mol. The van der Waals surface area contributed by atoms with E-state index in [9.17, 15) is 9.59 Å². The summed E-state index contributed by atoms with van der Waals surface area (Å²) in [6.45, 7) is 7.54. The quantitative estimate of drug-likeness (QED) is 0.512. The van der Waals surface area contributed by atoms with Gasteiger partial charge >= 0.3 is 0 Å². The highest BCUT2D eigenvalue weighted by molar-refractivity contribution is 8.00. The normalized spacial score (nSPS) is 12.5. The maximum atomic E-state index is 12.9. The first-order chi connectivity index (χ1) is 12.9. The zero-order valence-corrected chi connectivity index (χ0v) is 16.5. The fourth-order valence-electron chi connectivity index (χ4n) is 2.75. The number of carbonyl (C=O) groups excluding carboxylic acids is 1. The van der Waals surface area contributed by atoms with Crippen molar-refractivity contribution < 1.29 is 9.32 Å². The molecule has 0 spiro atoms. The molecule has 0 radical (unpaired) electrons. The smallest absolute Gasteiger partial charge is 0.262 e. The summed E-state index contributed by atoms with van der Waals surface area (Å²) in [5, 5.41) is 7.24. The monoisotopic (exact) mass is 386 g/mol. The molecule has 142 valence electrons. The third kappa shape index (κ3) is 4.05. The molecular formula is C19H22N4O3S. The van der Waals surface area contributed by atoms with Crippen molar-refractivity contribution >= 4 is 34.4 Å². The second kappa shape index (κ2) is 7.96. The van der Waals surface area contributed by atoms with Crippen molar-refractivity contribution in [3.05, 3.63) is 46.4 Å². The molecule has 27 heavy (non-hydrogen) atoms. The van der Waals surface area contributed by atoms with Crippen LogP contribution in [0.3, 0.4) is 0 Å². The maximum Gasteiger partial charge on any atom is 0.262 e. The van der Waals surface area contributed by atoms with Gasteiger partial charge in [-0.25, -0.2) is 4.98 Å². The number of aromatic nitrogens is 3. The molecule has 0 aliphatic rings. The molecule has 0 fully saturated rings. The third-order valence-corrected chi connectivity index (χ3v) is 5.41. The lowest BCUT2D eigenvalue weighted by Gasteiger charge is -2.19. The minimum atomic E-state index is -0.417. The van der Waals surface area contributed by atoms with Crippen LogP contribution in [0.4, 0.5) is 5.82 Å². The first kappa shape index (κ1) is 19.2. The van der Waals surface area contributed by atoms with Crippen molar-refractivity contribution in [3.8, 4) is 0 Å². The molecule has 1 unspecified atom stereocenters. The number of anilines is 1. The van der Waals surface area contributed by atoms with Gasteiger partial charge < -0.3 is 9.84 Å². The first-order valence-electron chi connectivity index (χ1n) is 8.82. The minimum absolute atomic E-state index is 0.0733. The summed E-state index contributed by atoms with van der Waals surface area (Å²) in [5.74, 6) is 0.800. The Morgan fingerprint density at radius 1 is 1.33 bits per heavy atom. The van der Waals surface area contributed by atoms with Gasteiger partial charge in [0.05, 0.1) is 16.2 Å². The van der Waals surface area contributed by atoms with Crippen LogP contribution in [0, 0.1) is 6.92 Å². The van der Waals surface area contributed by atoms with Gasteiger partial charge in [-0.2, -0.15) is 0 Å². The largest absolute Gasteiger partial charge is 0.360 e. The van der Waals surface area contributed by atoms with Crippen LogP contribution in [-0.2, 0) is 4.79 Å². The van der Waals surface area contributed by atoms with E-state index in [1.54, 1.807) is 23.6 Å². The van der Waals surface area contributed by atoms with Crippen molar-refractivity contribution in [1.82, 2.24) is 14.7 Å². The molecule has 0 saturated heterocycles. The number of hydrogen-bond donors (Lipinski definition) is 1. The third-order valence-electron chi connectivity index (χ3n) is 4.08. The number of amides is 1. The van der Waals surface area contributed by atoms with Crippen LogP contribution in [0.15, 0.2) is 44.8 Å². The lowest BCUT2D eigenvalue weighted by Crippen LogP contribution is -2.29. The minimum Gasteiger partial charge on any atom is -0.360 e. The number of hydrogen-bond acceptors (Lipinski definition) is 6. The number of para-hydroxylation sites is 1. The average molecular weight is 386 g/mol. The highest BCUT2D eigenvalue weighted by Crippen LogP contribution is 2.27. The van der Waals surface area contributed by atoms with E-state index in [0.717, 1.165) is 0 Å². The zero-order valence-electron chi connectivity index (χ0n) is 15.7. The summed E-state index contributed by atoms with van der Waals surface area (Å²) in [7, 11) is 0. The Kier molecular flexibility index (Phi) is 5.65. The Bertz CT molecular complexity index is 1030. The lowest BCUT2D eigenvalue weighted by molar-refractivity contribution is -0.115. The molecule has 1 amide bonds. The summed E-state index contributed by atoms with van der Waals surface area (Å²) in [6, 6.07) is 8.84. The highest BCUT2D eigenvalue weighted by Gasteiger charge is 2.23. The van der Waals surface area contributed by atoms with Gasteiger partial charge in [0.1, 0.15) is 5.76 Å². The van der Waals surface area contributed by atoms with E-state index in [0.29, 0.717) is 34.1 Å². The van der Waals surface area contributed by atoms with Crippen molar-refractivity contribution in [3.63, 3.8) is 0 Å². The standard InChI is InChI=1S/C19H22N4O3S/c1-5-15(17(24)21-16-10-12(4)26-22-16)27-19-20-14-9-7-6-8-13(14)18(25)23(19)11(2)3/h6-11,15H,5H2,1-4H3,(H,21,22,24). The van der Waals surface area contributed by atoms with Crippen LogP contribution in [0.1, 0.15) is 39.0 Å². The molecule has 3 aromatic rings. The van der Waals surface area contributed by atoms with Crippen LogP contribution >= 0.6 is 11.8 Å². The van der Waals surface area contributed by atoms with Gasteiger partial charge in [-0.1, -0.05) is 36.0 Å². The Hall–Kier alpha value is -2.61. The molecule has 0 aliphatic heterocycles. The van der Waals surface area contributed by atoms with Crippen LogP contribution < -0.4 is 10.9 Å². The second-order valence-corrected chi connectivity index (χ2v) is 7.68. The van der Waals surface area contributed by atoms with Crippen molar-refractivity contribution in [2.24, 2.45) is 0 Å². The number of aryl methyl sites for hydroxylation is 1. The second-order valence-electron chi connectivity index (χ2n) is 6.51. The van der Waals surface area contributed by atoms with Gasteiger partial charge in [-0.3, -0.25) is 14.2 Å². The molecule has 2 aromatic heterocycles. The fraction of sp³-hybridized carbons (Fsp3) is 0.368. The van der Waals surface area contributed by atoms with Crippen LogP contribution in [0.5, 0.6) is 0 Å². The number of rotatable bonds is 6. The van der Waals surface area contributed by atoms with E-state index < -0.39 is 5.25 Å². The van der Waals surface area contributed by atoms with Gasteiger partial charge in [0.15, 0.2) is 11.0 Å². The molecule has 3 rings (SSSR count). The molecule has 1 aromatic carbocycles. The Morgan fingerprint density at radius 3 is 2.70 bits per heavy atom. The van der Waals surface area contributed by atoms with Gasteiger partial charge in [-0.15, -0.1) is 0 Å². The van der Waals surface area contributed by atoms with E-state index >= 15 is 0 Å². The first-order valence-corrected chi connectivity index (χ1v) is 9.70. The Balaban J connectivity index is 1.94. The number of fused-ring (bicyclic) bond motifs is 1. The van der Waals surface area contributed by atoms with Gasteiger partial charge in [0, 0.05) is 12.1 Å². The number of nitrogens with zero attached hydrogens (tertiary/aromatic N) is 3. The van der Waals surface area contributed by atoms with E-state index in [-0.39, 0.29) is 17.5 Å². The van der Waals surface area contributed by atoms with E-state index in [2.05, 4.69) is 15.5 Å². The highest BCUT2D eigenvalue weighted by atomic mass is 32.2. The number of thioether (sulfide) groups is 1. The lowest BCUT2D eigenvalue weighted by atomic mass is 10.2. The van der Waals surface area contributed by atoms with Crippen molar-refractivity contribution in [2.75, 3.05) is 5.32 Å². The Morgan fingerprint density at radius 2 is 2.07 bits per heavy atom. The maximum absolute atomic E-state index is 12.9. The van der Waals surface area contributed by atoms with E-state index in [1.165, 1.54) is 11.8 Å². The van der Waals surface area contributed by atoms with E-state index in [4.69, 9.17) is 4.52 Å². The number of carbonyl (C=O) groups is 1. The topological polar surface area (TPSA) is 90.0 Å². The summed E-state index contributed by atoms with van der Waals surface area (Å²) >= 11 is 1.29. The molecule has 7 nitrogen and oxygen atoms in total. The molecule has 0 saturated carbocycles. The molecule has 2 heterocycles. The molecule has 0 aliphatic carbocycles. The average Bonchev–Trinajstić information content (AvgIpc) is 3.04. The van der Waals surface area contributed by atoms with Crippen LogP contribution in [-0.4, -0.2) is 25.9 Å². The SMILES string of the molecule is CCC(Sc1nc2ccccc2c(=O)n1C(C)C)C(=O)Nc1cc(C)on1. The summed E-state index contributed by atoms with van der Waals surface area (Å²) in [5.41, 5.74) is 0.532. The van der Waals surface area contributed by atoms with Gasteiger partial charge in [0.25, 0.3) is 5.56 Å². The molecule has 1 N–H and O–H groups in total. The summed E-state index contributed by atoms with van der Waals surface area (Å²) in [6.07, 6.45) is 0.578. The van der Waals surface area contributed by atoms with Crippen LogP contribution in [0.2, 0.25) is 0 Å².